The van der Waals surface area contributed by atoms with Crippen LogP contribution in [0, 0.1) is 0 Å². The van der Waals surface area contributed by atoms with Crippen molar-refractivity contribution < 1.29 is 9.53 Å². The highest BCUT2D eigenvalue weighted by atomic mass is 32.1. The van der Waals surface area contributed by atoms with E-state index < -0.39 is 0 Å². The Balaban J connectivity index is 1.83. The summed E-state index contributed by atoms with van der Waals surface area (Å²) in [7, 11) is 0. The molecule has 0 bridgehead atoms. The van der Waals surface area contributed by atoms with E-state index in [9.17, 15) is 4.79 Å². The van der Waals surface area contributed by atoms with Crippen LogP contribution in [0.15, 0.2) is 30.3 Å². The first-order valence-electron chi connectivity index (χ1n) is 8.41. The van der Waals surface area contributed by atoms with Gasteiger partial charge in [-0.2, -0.15) is 0 Å². The van der Waals surface area contributed by atoms with E-state index in [1.807, 2.05) is 25.1 Å². The molecule has 1 aromatic carbocycles. The molecule has 3 rings (SSSR count). The molecule has 5 nitrogen and oxygen atoms in total. The summed E-state index contributed by atoms with van der Waals surface area (Å²) in [4.78, 5) is 20.2. The van der Waals surface area contributed by atoms with E-state index in [0.29, 0.717) is 11.6 Å². The molecule has 0 aliphatic carbocycles. The second kappa shape index (κ2) is 8.37. The maximum atomic E-state index is 11.9. The molecule has 0 unspecified atom stereocenters. The molecule has 1 aliphatic heterocycles. The number of aromatic nitrogens is 1. The van der Waals surface area contributed by atoms with Gasteiger partial charge in [0.05, 0.1) is 18.9 Å². The molecule has 0 radical (unpaired) electrons. The quantitative estimate of drug-likeness (QED) is 0.872. The van der Waals surface area contributed by atoms with Gasteiger partial charge in [-0.05, 0) is 6.42 Å². The molecule has 1 fully saturated rings. The van der Waals surface area contributed by atoms with Gasteiger partial charge < -0.3 is 10.1 Å². The molecule has 0 atom stereocenters. The molecule has 24 heavy (non-hydrogen) atoms. The monoisotopic (exact) mass is 345 g/mol. The molecule has 128 valence electrons. The van der Waals surface area contributed by atoms with Gasteiger partial charge in [0.1, 0.15) is 0 Å². The normalized spacial score (nSPS) is 15.4. The predicted octanol–water partition coefficient (Wildman–Crippen LogP) is 3.38. The molecule has 1 aliphatic rings. The molecule has 2 heterocycles. The zero-order valence-electron chi connectivity index (χ0n) is 14.0. The minimum Gasteiger partial charge on any atom is -0.379 e. The van der Waals surface area contributed by atoms with Crippen molar-refractivity contribution in [1.82, 2.24) is 9.88 Å². The van der Waals surface area contributed by atoms with Crippen molar-refractivity contribution in [3.8, 4) is 11.3 Å². The fraction of sp³-hybridized carbons (Fsp3) is 0.444. The number of nitrogens with zero attached hydrogens (tertiary/aromatic N) is 2. The van der Waals surface area contributed by atoms with Crippen LogP contribution in [0.25, 0.3) is 11.3 Å². The van der Waals surface area contributed by atoms with Gasteiger partial charge in [-0.25, -0.2) is 4.98 Å². The lowest BCUT2D eigenvalue weighted by molar-refractivity contribution is -0.116. The van der Waals surface area contributed by atoms with Crippen LogP contribution < -0.4 is 5.32 Å². The first kappa shape index (κ1) is 17.1. The fourth-order valence-corrected chi connectivity index (χ4v) is 3.75. The second-order valence-electron chi connectivity index (χ2n) is 5.84. The van der Waals surface area contributed by atoms with Gasteiger partial charge in [0.15, 0.2) is 5.13 Å². The Morgan fingerprint density at radius 1 is 1.29 bits per heavy atom. The summed E-state index contributed by atoms with van der Waals surface area (Å²) in [5, 5.41) is 3.63. The number of amides is 1. The Kier molecular flexibility index (Phi) is 5.96. The summed E-state index contributed by atoms with van der Waals surface area (Å²) < 4.78 is 5.43. The third-order valence-electron chi connectivity index (χ3n) is 3.94. The number of hydrogen-bond donors (Lipinski definition) is 1. The summed E-state index contributed by atoms with van der Waals surface area (Å²) in [5.41, 5.74) is 2.06. The lowest BCUT2D eigenvalue weighted by Crippen LogP contribution is -2.35. The zero-order valence-corrected chi connectivity index (χ0v) is 14.8. The van der Waals surface area contributed by atoms with E-state index in [0.717, 1.165) is 50.5 Å². The average molecular weight is 345 g/mol. The molecule has 0 saturated carbocycles. The highest BCUT2D eigenvalue weighted by molar-refractivity contribution is 7.16. The van der Waals surface area contributed by atoms with Crippen LogP contribution in [-0.4, -0.2) is 42.1 Å². The molecular formula is C18H23N3O2S. The predicted molar refractivity (Wildman–Crippen MR) is 97.2 cm³/mol. The number of thiazole rings is 1. The Labute approximate surface area is 146 Å². The Morgan fingerprint density at radius 2 is 2.04 bits per heavy atom. The standard InChI is InChI=1S/C18H23N3O2S/c1-2-6-16(22)19-18-20-17(14-7-4-3-5-8-14)15(24-18)13-21-9-11-23-12-10-21/h3-5,7-8H,2,6,9-13H2,1H3,(H,19,20,22). The Hall–Kier alpha value is -1.76. The number of anilines is 1. The minimum absolute atomic E-state index is 0.0313. The van der Waals surface area contributed by atoms with Crippen molar-refractivity contribution in [2.45, 2.75) is 26.3 Å². The lowest BCUT2D eigenvalue weighted by Gasteiger charge is -2.26. The lowest BCUT2D eigenvalue weighted by atomic mass is 10.1. The summed E-state index contributed by atoms with van der Waals surface area (Å²) in [5.74, 6) is 0.0313. The molecule has 2 aromatic rings. The zero-order chi connectivity index (χ0) is 16.8. The summed E-state index contributed by atoms with van der Waals surface area (Å²) >= 11 is 1.58. The van der Waals surface area contributed by atoms with Crippen molar-refractivity contribution in [3.63, 3.8) is 0 Å². The Bertz CT molecular complexity index is 666. The highest BCUT2D eigenvalue weighted by Gasteiger charge is 2.18. The van der Waals surface area contributed by atoms with Crippen LogP contribution in [-0.2, 0) is 16.1 Å². The number of rotatable bonds is 6. The van der Waals surface area contributed by atoms with E-state index in [-0.39, 0.29) is 5.91 Å². The number of nitrogens with one attached hydrogen (secondary N) is 1. The van der Waals surface area contributed by atoms with E-state index >= 15 is 0 Å². The SMILES string of the molecule is CCCC(=O)Nc1nc(-c2ccccc2)c(CN2CCOCC2)s1. The summed E-state index contributed by atoms with van der Waals surface area (Å²) in [6.45, 7) is 6.27. The van der Waals surface area contributed by atoms with Crippen molar-refractivity contribution in [2.24, 2.45) is 0 Å². The van der Waals surface area contributed by atoms with E-state index in [1.54, 1.807) is 11.3 Å². The average Bonchev–Trinajstić information content (AvgIpc) is 2.99. The van der Waals surface area contributed by atoms with Gasteiger partial charge in [-0.15, -0.1) is 0 Å². The number of morpholine rings is 1. The van der Waals surface area contributed by atoms with Gasteiger partial charge in [0.25, 0.3) is 0 Å². The molecule has 1 amide bonds. The van der Waals surface area contributed by atoms with E-state index in [1.165, 1.54) is 4.88 Å². The third-order valence-corrected chi connectivity index (χ3v) is 4.89. The van der Waals surface area contributed by atoms with Crippen LogP contribution in [0.4, 0.5) is 5.13 Å². The number of ether oxygens (including phenoxy) is 1. The first-order valence-corrected chi connectivity index (χ1v) is 9.23. The van der Waals surface area contributed by atoms with Gasteiger partial charge in [0, 0.05) is 36.5 Å². The Morgan fingerprint density at radius 3 is 2.75 bits per heavy atom. The van der Waals surface area contributed by atoms with E-state index in [4.69, 9.17) is 9.72 Å². The molecular weight excluding hydrogens is 322 g/mol. The van der Waals surface area contributed by atoms with Crippen molar-refractivity contribution in [2.75, 3.05) is 31.6 Å². The maximum absolute atomic E-state index is 11.9. The number of carbonyl (C=O) groups excluding carboxylic acids is 1. The number of carbonyl (C=O) groups is 1. The second-order valence-corrected chi connectivity index (χ2v) is 6.93. The molecule has 6 heteroatoms. The first-order chi connectivity index (χ1) is 11.8. The molecule has 1 aromatic heterocycles. The molecule has 1 N–H and O–H groups in total. The fourth-order valence-electron chi connectivity index (χ4n) is 2.71. The van der Waals surface area contributed by atoms with Crippen LogP contribution in [0.1, 0.15) is 24.6 Å². The topological polar surface area (TPSA) is 54.5 Å². The smallest absolute Gasteiger partial charge is 0.226 e. The van der Waals surface area contributed by atoms with Crippen molar-refractivity contribution in [1.29, 1.82) is 0 Å². The number of hydrogen-bond acceptors (Lipinski definition) is 5. The molecule has 1 saturated heterocycles. The third kappa shape index (κ3) is 4.41. The highest BCUT2D eigenvalue weighted by Crippen LogP contribution is 2.32. The van der Waals surface area contributed by atoms with Gasteiger partial charge in [-0.3, -0.25) is 9.69 Å². The van der Waals surface area contributed by atoms with Crippen LogP contribution in [0.5, 0.6) is 0 Å². The number of benzene rings is 1. The molecule has 0 spiro atoms. The van der Waals surface area contributed by atoms with Crippen LogP contribution in [0.2, 0.25) is 0 Å². The van der Waals surface area contributed by atoms with Crippen LogP contribution in [0.3, 0.4) is 0 Å². The summed E-state index contributed by atoms with van der Waals surface area (Å²) in [6, 6.07) is 10.2. The van der Waals surface area contributed by atoms with Gasteiger partial charge >= 0.3 is 0 Å². The van der Waals surface area contributed by atoms with Gasteiger partial charge in [-0.1, -0.05) is 48.6 Å². The minimum atomic E-state index is 0.0313. The summed E-state index contributed by atoms with van der Waals surface area (Å²) in [6.07, 6.45) is 1.36. The van der Waals surface area contributed by atoms with E-state index in [2.05, 4.69) is 22.3 Å². The van der Waals surface area contributed by atoms with Crippen LogP contribution >= 0.6 is 11.3 Å². The maximum Gasteiger partial charge on any atom is 0.226 e. The van der Waals surface area contributed by atoms with Crippen molar-refractivity contribution >= 4 is 22.4 Å². The van der Waals surface area contributed by atoms with Gasteiger partial charge in [0.2, 0.25) is 5.91 Å². The van der Waals surface area contributed by atoms with Crippen molar-refractivity contribution in [3.05, 3.63) is 35.2 Å². The largest absolute Gasteiger partial charge is 0.379 e.